The van der Waals surface area contributed by atoms with Crippen LogP contribution in [0.1, 0.15) is 37.9 Å². The zero-order valence-corrected chi connectivity index (χ0v) is 14.8. The van der Waals surface area contributed by atoms with E-state index in [9.17, 15) is 4.79 Å². The summed E-state index contributed by atoms with van der Waals surface area (Å²) in [5.74, 6) is 0.584. The lowest BCUT2D eigenvalue weighted by atomic mass is 10.1. The average Bonchev–Trinajstić information content (AvgIpc) is 2.99. The van der Waals surface area contributed by atoms with Gasteiger partial charge >= 0.3 is 6.01 Å². The number of fused-ring (bicyclic) bond motifs is 1. The molecule has 0 aliphatic carbocycles. The number of nitrogens with zero attached hydrogens (tertiary/aromatic N) is 4. The van der Waals surface area contributed by atoms with E-state index < -0.39 is 0 Å². The molecule has 130 valence electrons. The highest BCUT2D eigenvalue weighted by Gasteiger charge is 2.18. The molecule has 6 nitrogen and oxygen atoms in total. The fourth-order valence-corrected chi connectivity index (χ4v) is 2.83. The van der Waals surface area contributed by atoms with Crippen LogP contribution in [0.25, 0.3) is 22.2 Å². The molecule has 2 aromatic heterocycles. The Morgan fingerprint density at radius 2 is 1.96 bits per heavy atom. The van der Waals surface area contributed by atoms with Crippen LogP contribution in [0.15, 0.2) is 36.9 Å². The molecule has 1 aromatic carbocycles. The predicted octanol–water partition coefficient (Wildman–Crippen LogP) is 3.97. The number of carbonyl (C=O) groups excluding carboxylic acids is 1. The topological polar surface area (TPSA) is 69.9 Å². The summed E-state index contributed by atoms with van der Waals surface area (Å²) in [5.41, 5.74) is 3.30. The first-order valence-electron chi connectivity index (χ1n) is 8.45. The Morgan fingerprint density at radius 1 is 1.20 bits per heavy atom. The maximum atomic E-state index is 12.7. The van der Waals surface area contributed by atoms with E-state index in [0.29, 0.717) is 18.3 Å². The molecule has 0 radical (unpaired) electrons. The first-order valence-corrected chi connectivity index (χ1v) is 8.45. The van der Waals surface area contributed by atoms with Crippen LogP contribution in [0.2, 0.25) is 0 Å². The van der Waals surface area contributed by atoms with Gasteiger partial charge in [-0.15, -0.1) is 0 Å². The molecule has 0 saturated heterocycles. The molecule has 0 spiro atoms. The van der Waals surface area contributed by atoms with Crippen molar-refractivity contribution in [3.8, 4) is 17.1 Å². The van der Waals surface area contributed by atoms with Crippen molar-refractivity contribution in [2.45, 2.75) is 33.1 Å². The van der Waals surface area contributed by atoms with Crippen LogP contribution in [-0.2, 0) is 0 Å². The average molecular weight is 338 g/mol. The van der Waals surface area contributed by atoms with Crippen molar-refractivity contribution >= 4 is 16.9 Å². The van der Waals surface area contributed by atoms with E-state index in [0.717, 1.165) is 35.0 Å². The largest absolute Gasteiger partial charge is 0.468 e. The van der Waals surface area contributed by atoms with Gasteiger partial charge in [-0.05, 0) is 30.0 Å². The van der Waals surface area contributed by atoms with E-state index in [4.69, 9.17) is 4.74 Å². The van der Waals surface area contributed by atoms with Crippen LogP contribution < -0.4 is 4.74 Å². The third-order valence-electron chi connectivity index (χ3n) is 4.12. The summed E-state index contributed by atoms with van der Waals surface area (Å²) in [5, 5.41) is 0. The summed E-state index contributed by atoms with van der Waals surface area (Å²) < 4.78 is 6.90. The predicted molar refractivity (Wildman–Crippen MR) is 96.6 cm³/mol. The number of hydrogen-bond acceptors (Lipinski definition) is 5. The molecule has 0 amide bonds. The van der Waals surface area contributed by atoms with Gasteiger partial charge in [-0.2, -0.15) is 4.98 Å². The third-order valence-corrected chi connectivity index (χ3v) is 4.12. The van der Waals surface area contributed by atoms with E-state index in [1.165, 1.54) is 13.4 Å². The number of ether oxygens (including phenoxy) is 1. The highest BCUT2D eigenvalue weighted by Crippen LogP contribution is 2.27. The van der Waals surface area contributed by atoms with Gasteiger partial charge in [-0.25, -0.2) is 14.5 Å². The van der Waals surface area contributed by atoms with Crippen molar-refractivity contribution in [1.82, 2.24) is 19.5 Å². The summed E-state index contributed by atoms with van der Waals surface area (Å²) in [6, 6.07) is 6.09. The molecular weight excluding hydrogens is 316 g/mol. The minimum Gasteiger partial charge on any atom is -0.468 e. The van der Waals surface area contributed by atoms with Gasteiger partial charge in [0.05, 0.1) is 18.1 Å². The van der Waals surface area contributed by atoms with Gasteiger partial charge in [0, 0.05) is 24.4 Å². The fourth-order valence-electron chi connectivity index (χ4n) is 2.83. The quantitative estimate of drug-likeness (QED) is 0.680. The monoisotopic (exact) mass is 338 g/mol. The van der Waals surface area contributed by atoms with E-state index in [1.54, 1.807) is 17.0 Å². The van der Waals surface area contributed by atoms with E-state index in [-0.39, 0.29) is 5.91 Å². The van der Waals surface area contributed by atoms with Crippen LogP contribution in [0.5, 0.6) is 6.01 Å². The molecule has 2 heterocycles. The Kier molecular flexibility index (Phi) is 5.07. The Balaban J connectivity index is 1.99. The molecule has 25 heavy (non-hydrogen) atoms. The number of aromatic nitrogens is 4. The lowest BCUT2D eigenvalue weighted by molar-refractivity contribution is 0.0892. The zero-order valence-electron chi connectivity index (χ0n) is 14.8. The first-order chi connectivity index (χ1) is 12.1. The van der Waals surface area contributed by atoms with Gasteiger partial charge in [0.2, 0.25) is 5.91 Å². The molecular formula is C19H22N4O2. The van der Waals surface area contributed by atoms with Gasteiger partial charge in [-0.1, -0.05) is 26.3 Å². The highest BCUT2D eigenvalue weighted by molar-refractivity contribution is 5.93. The van der Waals surface area contributed by atoms with Crippen LogP contribution in [0.3, 0.4) is 0 Å². The summed E-state index contributed by atoms with van der Waals surface area (Å²) in [6.07, 6.45) is 7.33. The highest BCUT2D eigenvalue weighted by atomic mass is 16.5. The summed E-state index contributed by atoms with van der Waals surface area (Å²) in [4.78, 5) is 25.3. The fraction of sp³-hybridized carbons (Fsp3) is 0.368. The second kappa shape index (κ2) is 7.42. The van der Waals surface area contributed by atoms with Crippen molar-refractivity contribution in [2.75, 3.05) is 7.11 Å². The van der Waals surface area contributed by atoms with Crippen molar-refractivity contribution in [3.05, 3.63) is 36.9 Å². The lowest BCUT2D eigenvalue weighted by Crippen LogP contribution is -2.12. The molecule has 3 rings (SSSR count). The number of imidazole rings is 1. The van der Waals surface area contributed by atoms with Gasteiger partial charge in [-0.3, -0.25) is 4.79 Å². The Labute approximate surface area is 146 Å². The molecule has 3 aromatic rings. The standard InChI is InChI=1S/C19H22N4O2/c1-13(2)5-4-6-18(24)23-17-9-14(15-10-20-12-21-11-15)7-8-16(17)22-19(23)25-3/h7-13H,4-6H2,1-3H3. The number of carbonyl (C=O) groups is 1. The minimum atomic E-state index is 0.00135. The van der Waals surface area contributed by atoms with Crippen LogP contribution >= 0.6 is 0 Å². The Bertz CT molecular complexity index is 872. The molecule has 0 N–H and O–H groups in total. The molecule has 0 bridgehead atoms. The van der Waals surface area contributed by atoms with Crippen molar-refractivity contribution < 1.29 is 9.53 Å². The maximum Gasteiger partial charge on any atom is 0.304 e. The molecule has 0 unspecified atom stereocenters. The number of benzene rings is 1. The van der Waals surface area contributed by atoms with Crippen molar-refractivity contribution in [1.29, 1.82) is 0 Å². The summed E-state index contributed by atoms with van der Waals surface area (Å²) in [6.45, 7) is 4.32. The minimum absolute atomic E-state index is 0.00135. The molecule has 0 atom stereocenters. The molecule has 0 aliphatic rings. The van der Waals surface area contributed by atoms with Crippen LogP contribution in [0, 0.1) is 5.92 Å². The van der Waals surface area contributed by atoms with E-state index in [1.807, 2.05) is 18.2 Å². The second-order valence-electron chi connectivity index (χ2n) is 6.44. The molecule has 0 aliphatic heterocycles. The second-order valence-corrected chi connectivity index (χ2v) is 6.44. The summed E-state index contributed by atoms with van der Waals surface area (Å²) in [7, 11) is 1.53. The number of methoxy groups -OCH3 is 1. The van der Waals surface area contributed by atoms with Crippen molar-refractivity contribution in [3.63, 3.8) is 0 Å². The van der Waals surface area contributed by atoms with Gasteiger partial charge in [0.25, 0.3) is 0 Å². The SMILES string of the molecule is COc1nc2ccc(-c3cncnc3)cc2n1C(=O)CCCC(C)C. The van der Waals surface area contributed by atoms with E-state index in [2.05, 4.69) is 28.8 Å². The van der Waals surface area contributed by atoms with Gasteiger partial charge < -0.3 is 4.74 Å². The molecule has 0 saturated carbocycles. The molecule has 0 fully saturated rings. The molecule has 6 heteroatoms. The number of rotatable bonds is 6. The smallest absolute Gasteiger partial charge is 0.304 e. The maximum absolute atomic E-state index is 12.7. The van der Waals surface area contributed by atoms with Crippen molar-refractivity contribution in [2.24, 2.45) is 5.92 Å². The summed E-state index contributed by atoms with van der Waals surface area (Å²) >= 11 is 0. The van der Waals surface area contributed by atoms with Crippen LogP contribution in [0.4, 0.5) is 0 Å². The third kappa shape index (κ3) is 3.68. The lowest BCUT2D eigenvalue weighted by Gasteiger charge is -2.08. The van der Waals surface area contributed by atoms with E-state index >= 15 is 0 Å². The van der Waals surface area contributed by atoms with Gasteiger partial charge in [0.1, 0.15) is 6.33 Å². The zero-order chi connectivity index (χ0) is 17.8. The Hall–Kier alpha value is -2.76. The normalized spacial score (nSPS) is 11.2. The van der Waals surface area contributed by atoms with Crippen LogP contribution in [-0.4, -0.2) is 32.5 Å². The first kappa shape index (κ1) is 17.1. The number of hydrogen-bond donors (Lipinski definition) is 0. The van der Waals surface area contributed by atoms with Gasteiger partial charge in [0.15, 0.2) is 0 Å². The Morgan fingerprint density at radius 3 is 2.64 bits per heavy atom.